The predicted molar refractivity (Wildman–Crippen MR) is 14.5 cm³/mol. The van der Waals surface area contributed by atoms with Gasteiger partial charge < -0.3 is 0 Å². The molecule has 0 aliphatic carbocycles. The minimum atomic E-state index is 0. The van der Waals surface area contributed by atoms with Crippen molar-refractivity contribution in [2.45, 2.75) is 0 Å². The normalized spacial score (nSPS) is 0. The van der Waals surface area contributed by atoms with Gasteiger partial charge >= 0.3 is 0 Å². The fourth-order valence-electron chi connectivity index (χ4n) is 0. The number of rotatable bonds is 0. The van der Waals surface area contributed by atoms with Gasteiger partial charge in [-0.15, -0.1) is 24.8 Å². The molecule has 0 amide bonds. The van der Waals surface area contributed by atoms with Crippen LogP contribution in [0.25, 0.3) is 0 Å². The predicted octanol–water partition coefficient (Wildman–Crippen LogP) is 0.844. The van der Waals surface area contributed by atoms with E-state index in [1.165, 1.54) is 0 Å². The van der Waals surface area contributed by atoms with Crippen molar-refractivity contribution in [3.63, 3.8) is 0 Å². The number of hydrogen-bond acceptors (Lipinski definition) is 0. The topological polar surface area (TPSA) is 0 Å². The molecule has 4 heavy (non-hydrogen) atoms. The van der Waals surface area contributed by atoms with E-state index in [1.807, 2.05) is 0 Å². The SMILES string of the molecule is Cl.Cl.[Eu].[La]. The molecule has 26 valence electrons. The fraction of sp³-hybridized carbons (Fsp3) is 0. The summed E-state index contributed by atoms with van der Waals surface area (Å²) in [6.45, 7) is 0. The Labute approximate surface area is 107 Å². The Morgan fingerprint density at radius 2 is 0.750 bits per heavy atom. The summed E-state index contributed by atoms with van der Waals surface area (Å²) in [7, 11) is 0. The Balaban J connectivity index is 0. The summed E-state index contributed by atoms with van der Waals surface area (Å²) in [5, 5.41) is 0. The maximum atomic E-state index is 0. The second-order valence-electron chi connectivity index (χ2n) is 0. The van der Waals surface area contributed by atoms with Gasteiger partial charge in [0.25, 0.3) is 0 Å². The van der Waals surface area contributed by atoms with Crippen LogP contribution in [0.5, 0.6) is 0 Å². The van der Waals surface area contributed by atoms with Crippen LogP contribution in [0.4, 0.5) is 0 Å². The van der Waals surface area contributed by atoms with Gasteiger partial charge in [0.1, 0.15) is 0 Å². The Bertz CT molecular complexity index is 6.00. The first-order valence-electron chi connectivity index (χ1n) is 0. The average molecular weight is 364 g/mol. The molecule has 0 fully saturated rings. The first-order chi connectivity index (χ1) is 0. The molecule has 0 nitrogen and oxygen atoms in total. The van der Waals surface area contributed by atoms with Crippen LogP contribution in [-0.2, 0) is 0 Å². The van der Waals surface area contributed by atoms with E-state index in [9.17, 15) is 0 Å². The van der Waals surface area contributed by atoms with Crippen molar-refractivity contribution in [3.8, 4) is 0 Å². The molecule has 0 bridgehead atoms. The maximum absolute atomic E-state index is 0. The molecule has 0 N–H and O–H groups in total. The molecule has 0 aromatic carbocycles. The second kappa shape index (κ2) is 16.2. The smallest absolute Gasteiger partial charge is 0 e. The molecule has 0 atom stereocenters. The molecule has 0 aliphatic rings. The first-order valence-corrected chi connectivity index (χ1v) is 0. The van der Waals surface area contributed by atoms with Crippen LogP contribution >= 0.6 is 24.8 Å². The monoisotopic (exact) mass is 364 g/mol. The molecule has 0 aliphatic heterocycles. The number of halogens is 2. The van der Waals surface area contributed by atoms with Crippen LogP contribution < -0.4 is 0 Å². The van der Waals surface area contributed by atoms with E-state index in [4.69, 9.17) is 0 Å². The zero-order chi connectivity index (χ0) is 0. The molecular formula is H2Cl2EuLa. The van der Waals surface area contributed by atoms with Crippen LogP contribution in [-0.4, -0.2) is 0 Å². The standard InChI is InChI=1S/2ClH.Eu.La/h2*1H;;. The molecule has 0 aromatic heterocycles. The van der Waals surface area contributed by atoms with Gasteiger partial charge in [0.15, 0.2) is 0 Å². The Hall–Kier alpha value is 3.36. The van der Waals surface area contributed by atoms with Gasteiger partial charge in [-0.05, 0) is 0 Å². The van der Waals surface area contributed by atoms with Crippen molar-refractivity contribution < 1.29 is 85.0 Å². The molecule has 0 aromatic rings. The minimum Gasteiger partial charge on any atom is -0.147 e. The van der Waals surface area contributed by atoms with Gasteiger partial charge in [0.2, 0.25) is 0 Å². The van der Waals surface area contributed by atoms with E-state index in [2.05, 4.69) is 0 Å². The second-order valence-corrected chi connectivity index (χ2v) is 0. The van der Waals surface area contributed by atoms with Crippen LogP contribution in [0.2, 0.25) is 0 Å². The van der Waals surface area contributed by atoms with Crippen molar-refractivity contribution in [2.24, 2.45) is 0 Å². The molecular weight excluding hydrogens is 362 g/mol. The third kappa shape index (κ3) is 9.02. The van der Waals surface area contributed by atoms with Gasteiger partial charge in [0.05, 0.1) is 0 Å². The average Bonchev–Trinajstić information content (AvgIpc) is 0. The quantitative estimate of drug-likeness (QED) is 0.598. The fourth-order valence-corrected chi connectivity index (χ4v) is 0. The van der Waals surface area contributed by atoms with Crippen LogP contribution in [0.3, 0.4) is 0 Å². The third-order valence-electron chi connectivity index (χ3n) is 0. The Kier molecular flexibility index (Phi) is 107. The maximum Gasteiger partial charge on any atom is 0 e. The summed E-state index contributed by atoms with van der Waals surface area (Å²) in [4.78, 5) is 0. The first kappa shape index (κ1) is 26.4. The van der Waals surface area contributed by atoms with E-state index in [0.717, 1.165) is 0 Å². The van der Waals surface area contributed by atoms with Crippen molar-refractivity contribution in [1.29, 1.82) is 0 Å². The third-order valence-corrected chi connectivity index (χ3v) is 0. The van der Waals surface area contributed by atoms with E-state index in [1.54, 1.807) is 0 Å². The molecule has 0 unspecified atom stereocenters. The molecule has 0 saturated heterocycles. The molecule has 0 rings (SSSR count). The summed E-state index contributed by atoms with van der Waals surface area (Å²) in [5.74, 6) is 0. The largest absolute Gasteiger partial charge is 0.147 e. The van der Waals surface area contributed by atoms with Crippen LogP contribution in [0, 0.1) is 85.0 Å². The van der Waals surface area contributed by atoms with Crippen molar-refractivity contribution in [3.05, 3.63) is 0 Å². The van der Waals surface area contributed by atoms with Gasteiger partial charge in [-0.25, -0.2) is 0 Å². The summed E-state index contributed by atoms with van der Waals surface area (Å²) in [6.07, 6.45) is 0. The zero-order valence-electron chi connectivity index (χ0n) is 1.77. The zero-order valence-corrected chi connectivity index (χ0v) is 9.46. The molecule has 0 heterocycles. The Morgan fingerprint density at radius 1 is 0.750 bits per heavy atom. The summed E-state index contributed by atoms with van der Waals surface area (Å²) >= 11 is 0. The van der Waals surface area contributed by atoms with Crippen LogP contribution in [0.1, 0.15) is 0 Å². The van der Waals surface area contributed by atoms with Gasteiger partial charge in [-0.1, -0.05) is 0 Å². The van der Waals surface area contributed by atoms with Gasteiger partial charge in [-0.3, -0.25) is 0 Å². The molecule has 0 saturated carbocycles. The summed E-state index contributed by atoms with van der Waals surface area (Å²) in [5.41, 5.74) is 0. The van der Waals surface area contributed by atoms with E-state index >= 15 is 0 Å². The van der Waals surface area contributed by atoms with Gasteiger partial charge in [0, 0.05) is 85.0 Å². The summed E-state index contributed by atoms with van der Waals surface area (Å²) < 4.78 is 0. The van der Waals surface area contributed by atoms with Crippen LogP contribution in [0.15, 0.2) is 0 Å². The Morgan fingerprint density at radius 3 is 0.750 bits per heavy atom. The summed E-state index contributed by atoms with van der Waals surface area (Å²) in [6, 6.07) is 0. The van der Waals surface area contributed by atoms with Gasteiger partial charge in [-0.2, -0.15) is 0 Å². The van der Waals surface area contributed by atoms with E-state index in [0.29, 0.717) is 0 Å². The van der Waals surface area contributed by atoms with Crippen molar-refractivity contribution in [2.75, 3.05) is 0 Å². The van der Waals surface area contributed by atoms with Crippen molar-refractivity contribution in [1.82, 2.24) is 0 Å². The molecule has 2 radical (unpaired) electrons. The minimum absolute atomic E-state index is 0. The molecule has 0 spiro atoms. The molecule has 4 heteroatoms. The van der Waals surface area contributed by atoms with E-state index < -0.39 is 0 Å². The van der Waals surface area contributed by atoms with Crippen molar-refractivity contribution >= 4 is 24.8 Å². The van der Waals surface area contributed by atoms with E-state index in [-0.39, 0.29) is 110 Å². The number of hydrogen-bond donors (Lipinski definition) is 0.